The number of nitrogens with one attached hydrogen (secondary N) is 1. The first-order valence-corrected chi connectivity index (χ1v) is 8.79. The molecule has 5 rings (SSSR count). The number of nitrogens with zero attached hydrogens (tertiary/aromatic N) is 2. The first-order valence-electron chi connectivity index (χ1n) is 8.79. The molecule has 0 saturated heterocycles. The van der Waals surface area contributed by atoms with E-state index in [4.69, 9.17) is 4.74 Å². The zero-order valence-electron chi connectivity index (χ0n) is 14.5. The number of benzene rings is 2. The minimum Gasteiger partial charge on any atom is -0.497 e. The highest BCUT2D eigenvalue weighted by Gasteiger charge is 2.52. The van der Waals surface area contributed by atoms with E-state index in [-0.39, 0.29) is 17.5 Å². The number of aromatic nitrogens is 2. The standard InChI is InChI=1S/C21H19N3O2/c1-26-16-8-6-14(7-9-16)20(25)23-15-10-21(11-15)18-5-3-2-4-17(18)19-12-22-13-24(19)21/h2-9,12-13,15H,10-11H2,1H3,(H,23,25). The van der Waals surface area contributed by atoms with Gasteiger partial charge in [-0.25, -0.2) is 4.98 Å². The summed E-state index contributed by atoms with van der Waals surface area (Å²) in [5.74, 6) is 0.712. The van der Waals surface area contributed by atoms with Gasteiger partial charge in [0.05, 0.1) is 30.9 Å². The predicted molar refractivity (Wildman–Crippen MR) is 98.2 cm³/mol. The van der Waals surface area contributed by atoms with Crippen molar-refractivity contribution in [2.75, 3.05) is 7.11 Å². The number of hydrogen-bond donors (Lipinski definition) is 1. The molecule has 0 atom stereocenters. The van der Waals surface area contributed by atoms with E-state index in [1.165, 1.54) is 16.8 Å². The topological polar surface area (TPSA) is 56.1 Å². The summed E-state index contributed by atoms with van der Waals surface area (Å²) in [6.07, 6.45) is 5.61. The number of imidazole rings is 1. The molecule has 2 aliphatic rings. The van der Waals surface area contributed by atoms with E-state index in [2.05, 4.69) is 39.1 Å². The van der Waals surface area contributed by atoms with Gasteiger partial charge >= 0.3 is 0 Å². The van der Waals surface area contributed by atoms with Crippen molar-refractivity contribution in [1.82, 2.24) is 14.9 Å². The van der Waals surface area contributed by atoms with Gasteiger partial charge in [0.2, 0.25) is 0 Å². The van der Waals surface area contributed by atoms with Crippen molar-refractivity contribution in [3.05, 3.63) is 72.2 Å². The molecule has 2 heterocycles. The van der Waals surface area contributed by atoms with Crippen molar-refractivity contribution in [2.24, 2.45) is 0 Å². The first-order chi connectivity index (χ1) is 12.7. The van der Waals surface area contributed by atoms with Crippen LogP contribution in [0.4, 0.5) is 0 Å². The van der Waals surface area contributed by atoms with Crippen LogP contribution < -0.4 is 10.1 Å². The number of ether oxygens (including phenoxy) is 1. The number of carbonyl (C=O) groups excluding carboxylic acids is 1. The predicted octanol–water partition coefficient (Wildman–Crippen LogP) is 3.21. The molecule has 1 saturated carbocycles. The van der Waals surface area contributed by atoms with Gasteiger partial charge in [-0.15, -0.1) is 0 Å². The monoisotopic (exact) mass is 345 g/mol. The van der Waals surface area contributed by atoms with Gasteiger partial charge in [0, 0.05) is 17.2 Å². The van der Waals surface area contributed by atoms with E-state index in [1.54, 1.807) is 19.2 Å². The van der Waals surface area contributed by atoms with Gasteiger partial charge in [-0.2, -0.15) is 0 Å². The van der Waals surface area contributed by atoms with Crippen LogP contribution in [-0.4, -0.2) is 28.6 Å². The van der Waals surface area contributed by atoms with Gasteiger partial charge in [0.15, 0.2) is 0 Å². The summed E-state index contributed by atoms with van der Waals surface area (Å²) in [5.41, 5.74) is 4.35. The zero-order chi connectivity index (χ0) is 17.7. The molecule has 5 nitrogen and oxygen atoms in total. The number of fused-ring (bicyclic) bond motifs is 5. The quantitative estimate of drug-likeness (QED) is 0.793. The molecule has 3 aromatic rings. The van der Waals surface area contributed by atoms with Gasteiger partial charge in [-0.05, 0) is 42.7 Å². The van der Waals surface area contributed by atoms with E-state index in [9.17, 15) is 4.79 Å². The third-order valence-electron chi connectivity index (χ3n) is 5.66. The molecule has 1 aromatic heterocycles. The number of amides is 1. The first kappa shape index (κ1) is 15.2. The fourth-order valence-corrected chi connectivity index (χ4v) is 4.36. The van der Waals surface area contributed by atoms with Gasteiger partial charge in [0.25, 0.3) is 5.91 Å². The molecule has 0 radical (unpaired) electrons. The molecule has 5 heteroatoms. The number of methoxy groups -OCH3 is 1. The van der Waals surface area contributed by atoms with E-state index in [0.717, 1.165) is 18.6 Å². The lowest BCUT2D eigenvalue weighted by atomic mass is 9.68. The van der Waals surface area contributed by atoms with Crippen LogP contribution >= 0.6 is 0 Å². The highest BCUT2D eigenvalue weighted by Crippen LogP contribution is 2.54. The minimum atomic E-state index is -0.0692. The average molecular weight is 345 g/mol. The van der Waals surface area contributed by atoms with Crippen LogP contribution in [0.3, 0.4) is 0 Å². The molecule has 0 unspecified atom stereocenters. The average Bonchev–Trinajstić information content (AvgIpc) is 3.22. The second-order valence-electron chi connectivity index (χ2n) is 7.03. The summed E-state index contributed by atoms with van der Waals surface area (Å²) >= 11 is 0. The Morgan fingerprint density at radius 2 is 1.96 bits per heavy atom. The maximum absolute atomic E-state index is 12.5. The van der Waals surface area contributed by atoms with Gasteiger partial charge < -0.3 is 14.6 Å². The van der Waals surface area contributed by atoms with E-state index < -0.39 is 0 Å². The maximum atomic E-state index is 12.5. The van der Waals surface area contributed by atoms with Crippen LogP contribution in [0.1, 0.15) is 28.8 Å². The van der Waals surface area contributed by atoms with Crippen LogP contribution in [-0.2, 0) is 5.54 Å². The van der Waals surface area contributed by atoms with Crippen molar-refractivity contribution in [3.63, 3.8) is 0 Å². The second kappa shape index (κ2) is 5.46. The summed E-state index contributed by atoms with van der Waals surface area (Å²) in [6, 6.07) is 15.9. The Morgan fingerprint density at radius 3 is 2.73 bits per heavy atom. The molecule has 1 aliphatic heterocycles. The third kappa shape index (κ3) is 2.03. The Morgan fingerprint density at radius 1 is 1.19 bits per heavy atom. The summed E-state index contributed by atoms with van der Waals surface area (Å²) in [7, 11) is 1.62. The van der Waals surface area contributed by atoms with E-state index >= 15 is 0 Å². The van der Waals surface area contributed by atoms with Crippen LogP contribution in [0.15, 0.2) is 61.1 Å². The molecule has 1 fully saturated rings. The van der Waals surface area contributed by atoms with E-state index in [1.807, 2.05) is 24.7 Å². The Hall–Kier alpha value is -3.08. The van der Waals surface area contributed by atoms with Gasteiger partial charge in [-0.1, -0.05) is 24.3 Å². The maximum Gasteiger partial charge on any atom is 0.251 e. The smallest absolute Gasteiger partial charge is 0.251 e. The molecule has 2 aromatic carbocycles. The molecule has 1 aliphatic carbocycles. The van der Waals surface area contributed by atoms with Gasteiger partial charge in [-0.3, -0.25) is 4.79 Å². The summed E-state index contributed by atoms with van der Waals surface area (Å²) in [5, 5.41) is 3.16. The van der Waals surface area contributed by atoms with Crippen molar-refractivity contribution in [2.45, 2.75) is 24.4 Å². The zero-order valence-corrected chi connectivity index (χ0v) is 14.5. The van der Waals surface area contributed by atoms with E-state index in [0.29, 0.717) is 5.56 Å². The number of hydrogen-bond acceptors (Lipinski definition) is 3. The number of rotatable bonds is 3. The van der Waals surface area contributed by atoms with Crippen LogP contribution in [0, 0.1) is 0 Å². The van der Waals surface area contributed by atoms with Crippen LogP contribution in [0.25, 0.3) is 11.3 Å². The second-order valence-corrected chi connectivity index (χ2v) is 7.03. The molecule has 26 heavy (non-hydrogen) atoms. The summed E-state index contributed by atoms with van der Waals surface area (Å²) in [4.78, 5) is 16.9. The minimum absolute atomic E-state index is 0.0374. The SMILES string of the molecule is COc1ccc(C(=O)NC2CC3(C2)c2ccccc2-c2cncn23)cc1. The van der Waals surface area contributed by atoms with Crippen LogP contribution in [0.2, 0.25) is 0 Å². The fourth-order valence-electron chi connectivity index (χ4n) is 4.36. The molecular weight excluding hydrogens is 326 g/mol. The molecular formula is C21H19N3O2. The molecule has 1 N–H and O–H groups in total. The molecule has 130 valence electrons. The lowest BCUT2D eigenvalue weighted by Gasteiger charge is -2.47. The van der Waals surface area contributed by atoms with Crippen molar-refractivity contribution in [3.8, 4) is 17.0 Å². The molecule has 0 bridgehead atoms. The highest BCUT2D eigenvalue weighted by atomic mass is 16.5. The van der Waals surface area contributed by atoms with Crippen molar-refractivity contribution in [1.29, 1.82) is 0 Å². The number of carbonyl (C=O) groups is 1. The summed E-state index contributed by atoms with van der Waals surface area (Å²) in [6.45, 7) is 0. The van der Waals surface area contributed by atoms with Gasteiger partial charge in [0.1, 0.15) is 5.75 Å². The lowest BCUT2D eigenvalue weighted by molar-refractivity contribution is 0.0836. The Balaban J connectivity index is 1.35. The highest BCUT2D eigenvalue weighted by molar-refractivity contribution is 5.94. The molecule has 1 amide bonds. The Kier molecular flexibility index (Phi) is 3.19. The Bertz CT molecular complexity index is 985. The third-order valence-corrected chi connectivity index (χ3v) is 5.66. The van der Waals surface area contributed by atoms with Crippen molar-refractivity contribution < 1.29 is 9.53 Å². The lowest BCUT2D eigenvalue weighted by Crippen LogP contribution is -2.55. The largest absolute Gasteiger partial charge is 0.497 e. The Labute approximate surface area is 151 Å². The molecule has 1 spiro atoms. The van der Waals surface area contributed by atoms with Crippen LogP contribution in [0.5, 0.6) is 5.75 Å². The fraction of sp³-hybridized carbons (Fsp3) is 0.238. The normalized spacial score (nSPS) is 22.4. The summed E-state index contributed by atoms with van der Waals surface area (Å²) < 4.78 is 7.42. The van der Waals surface area contributed by atoms with Crippen molar-refractivity contribution >= 4 is 5.91 Å².